The van der Waals surface area contributed by atoms with Crippen molar-refractivity contribution < 1.29 is 50.4 Å². The molecule has 10 heteroatoms. The standard InChI is InChI=1S/C40H38O10/c1-20(2)4-5-23-14-31(38(49)18-34(23)45)40(50)39-28(26-10-9-25(42)16-35(26)46)12-21(3)13-29(39)27-17-30(37(48)19-36(27)47)32(43)11-7-22-6-8-24(41)15-33(22)44/h4,6-11,13-19,28-29,39,41-42,44-49H,5,12H2,1-3H3/b11-7+/t28-,29+,39-/m1/s1. The molecule has 0 radical (unpaired) electrons. The summed E-state index contributed by atoms with van der Waals surface area (Å²) in [4.78, 5) is 28.1. The average Bonchev–Trinajstić information content (AvgIpc) is 3.03. The number of rotatable bonds is 9. The quantitative estimate of drug-likeness (QED) is 0.0500. The molecular weight excluding hydrogens is 640 g/mol. The third-order valence-corrected chi connectivity index (χ3v) is 8.93. The van der Waals surface area contributed by atoms with Gasteiger partial charge in [-0.2, -0.15) is 0 Å². The van der Waals surface area contributed by atoms with E-state index in [4.69, 9.17) is 0 Å². The first-order valence-corrected chi connectivity index (χ1v) is 15.9. The van der Waals surface area contributed by atoms with E-state index in [2.05, 4.69) is 0 Å². The summed E-state index contributed by atoms with van der Waals surface area (Å²) >= 11 is 0. The molecule has 0 aromatic heterocycles. The zero-order valence-corrected chi connectivity index (χ0v) is 27.6. The molecule has 1 aliphatic carbocycles. The van der Waals surface area contributed by atoms with E-state index in [-0.39, 0.29) is 63.8 Å². The van der Waals surface area contributed by atoms with Gasteiger partial charge in [0.15, 0.2) is 11.6 Å². The van der Waals surface area contributed by atoms with Crippen LogP contribution in [0.4, 0.5) is 0 Å². The molecule has 0 bridgehead atoms. The lowest BCUT2D eigenvalue weighted by atomic mass is 9.65. The van der Waals surface area contributed by atoms with Crippen LogP contribution in [0.5, 0.6) is 46.0 Å². The van der Waals surface area contributed by atoms with Crippen molar-refractivity contribution >= 4 is 17.6 Å². The Hall–Kier alpha value is -6.16. The van der Waals surface area contributed by atoms with E-state index in [1.54, 1.807) is 6.08 Å². The molecule has 0 heterocycles. The van der Waals surface area contributed by atoms with Gasteiger partial charge in [-0.1, -0.05) is 29.4 Å². The van der Waals surface area contributed by atoms with Crippen LogP contribution in [0.25, 0.3) is 6.08 Å². The number of hydrogen-bond donors (Lipinski definition) is 8. The molecule has 50 heavy (non-hydrogen) atoms. The number of Topliss-reactive ketones (excluding diaryl/α,β-unsaturated/α-hetero) is 1. The summed E-state index contributed by atoms with van der Waals surface area (Å²) in [6.45, 7) is 5.58. The lowest BCUT2D eigenvalue weighted by molar-refractivity contribution is 0.0877. The first-order chi connectivity index (χ1) is 23.6. The van der Waals surface area contributed by atoms with Crippen molar-refractivity contribution in [1.82, 2.24) is 0 Å². The average molecular weight is 679 g/mol. The predicted molar refractivity (Wildman–Crippen MR) is 187 cm³/mol. The van der Waals surface area contributed by atoms with Crippen molar-refractivity contribution in [3.05, 3.63) is 123 Å². The molecule has 5 rings (SSSR count). The number of allylic oxidation sites excluding steroid dienone is 5. The largest absolute Gasteiger partial charge is 0.508 e. The molecule has 4 aromatic carbocycles. The van der Waals surface area contributed by atoms with Gasteiger partial charge in [0.2, 0.25) is 0 Å². The molecule has 10 nitrogen and oxygen atoms in total. The van der Waals surface area contributed by atoms with Crippen molar-refractivity contribution in [2.45, 2.75) is 45.4 Å². The van der Waals surface area contributed by atoms with Gasteiger partial charge in [0.25, 0.3) is 0 Å². The fraction of sp³-hybridized carbons (Fsp3) is 0.200. The van der Waals surface area contributed by atoms with Crippen LogP contribution in [0.3, 0.4) is 0 Å². The van der Waals surface area contributed by atoms with Gasteiger partial charge in [-0.25, -0.2) is 0 Å². The van der Waals surface area contributed by atoms with E-state index in [0.29, 0.717) is 11.1 Å². The number of aromatic hydroxyl groups is 8. The Balaban J connectivity index is 1.66. The van der Waals surface area contributed by atoms with Crippen LogP contribution in [-0.4, -0.2) is 52.4 Å². The van der Waals surface area contributed by atoms with E-state index in [1.165, 1.54) is 42.5 Å². The topological polar surface area (TPSA) is 196 Å². The Kier molecular flexibility index (Phi) is 9.94. The first kappa shape index (κ1) is 35.2. The van der Waals surface area contributed by atoms with Gasteiger partial charge in [0, 0.05) is 53.1 Å². The van der Waals surface area contributed by atoms with Gasteiger partial charge in [0.1, 0.15) is 46.0 Å². The highest BCUT2D eigenvalue weighted by molar-refractivity contribution is 6.09. The number of hydrogen-bond acceptors (Lipinski definition) is 10. The van der Waals surface area contributed by atoms with Gasteiger partial charge >= 0.3 is 0 Å². The van der Waals surface area contributed by atoms with Crippen LogP contribution in [0.2, 0.25) is 0 Å². The molecule has 0 aliphatic heterocycles. The Labute approximate surface area is 288 Å². The highest BCUT2D eigenvalue weighted by atomic mass is 16.3. The van der Waals surface area contributed by atoms with E-state index >= 15 is 0 Å². The molecule has 1 aliphatic rings. The van der Waals surface area contributed by atoms with Crippen LogP contribution in [-0.2, 0) is 6.42 Å². The summed E-state index contributed by atoms with van der Waals surface area (Å²) < 4.78 is 0. The number of carbonyl (C=O) groups excluding carboxylic acids is 2. The highest BCUT2D eigenvalue weighted by Gasteiger charge is 2.42. The second-order valence-electron chi connectivity index (χ2n) is 12.8. The molecule has 0 amide bonds. The van der Waals surface area contributed by atoms with E-state index < -0.39 is 46.6 Å². The third kappa shape index (κ3) is 7.29. The Bertz CT molecular complexity index is 2080. The highest BCUT2D eigenvalue weighted by Crippen LogP contribution is 2.51. The van der Waals surface area contributed by atoms with Crippen LogP contribution < -0.4 is 0 Å². The monoisotopic (exact) mass is 678 g/mol. The first-order valence-electron chi connectivity index (χ1n) is 15.9. The van der Waals surface area contributed by atoms with Crippen molar-refractivity contribution in [3.63, 3.8) is 0 Å². The van der Waals surface area contributed by atoms with E-state index in [0.717, 1.165) is 41.5 Å². The number of ketones is 2. The smallest absolute Gasteiger partial charge is 0.189 e. The van der Waals surface area contributed by atoms with Crippen molar-refractivity contribution in [3.8, 4) is 46.0 Å². The van der Waals surface area contributed by atoms with Gasteiger partial charge in [-0.05, 0) is 87.2 Å². The maximum Gasteiger partial charge on any atom is 0.189 e. The van der Waals surface area contributed by atoms with E-state index in [9.17, 15) is 50.4 Å². The Morgan fingerprint density at radius 1 is 0.700 bits per heavy atom. The van der Waals surface area contributed by atoms with Crippen LogP contribution in [0.15, 0.2) is 90.0 Å². The van der Waals surface area contributed by atoms with Crippen molar-refractivity contribution in [2.24, 2.45) is 5.92 Å². The maximum absolute atomic E-state index is 14.7. The number of phenolic OH excluding ortho intramolecular Hbond substituents is 8. The summed E-state index contributed by atoms with van der Waals surface area (Å²) in [5.41, 5.74) is 2.49. The van der Waals surface area contributed by atoms with Gasteiger partial charge in [0.05, 0.1) is 11.1 Å². The number of phenols is 8. The number of benzene rings is 4. The zero-order valence-electron chi connectivity index (χ0n) is 27.6. The summed E-state index contributed by atoms with van der Waals surface area (Å²) in [7, 11) is 0. The van der Waals surface area contributed by atoms with Crippen LogP contribution in [0.1, 0.15) is 82.0 Å². The summed E-state index contributed by atoms with van der Waals surface area (Å²) in [5, 5.41) is 84.2. The summed E-state index contributed by atoms with van der Waals surface area (Å²) in [6.07, 6.45) is 6.57. The van der Waals surface area contributed by atoms with Gasteiger partial charge < -0.3 is 40.9 Å². The normalized spacial score (nSPS) is 17.3. The molecule has 258 valence electrons. The molecule has 3 atom stereocenters. The second kappa shape index (κ2) is 14.1. The molecule has 0 saturated carbocycles. The molecule has 0 fully saturated rings. The SMILES string of the molecule is CC(C)=CCc1cc(C(=O)[C@@H]2[C@@H](c3ccc(O)cc3O)CC(C)=C[C@H]2c2cc(C(=O)/C=C/c3ccc(O)cc3O)c(O)cc2O)c(O)cc1O. The third-order valence-electron chi connectivity index (χ3n) is 8.93. The fourth-order valence-electron chi connectivity index (χ4n) is 6.44. The molecule has 0 spiro atoms. The van der Waals surface area contributed by atoms with E-state index in [1.807, 2.05) is 26.8 Å². The summed E-state index contributed by atoms with van der Waals surface area (Å²) in [6, 6.07) is 12.6. The Morgan fingerprint density at radius 3 is 1.98 bits per heavy atom. The zero-order chi connectivity index (χ0) is 36.4. The minimum atomic E-state index is -1.11. The minimum Gasteiger partial charge on any atom is -0.508 e. The van der Waals surface area contributed by atoms with Crippen LogP contribution >= 0.6 is 0 Å². The van der Waals surface area contributed by atoms with Crippen molar-refractivity contribution in [2.75, 3.05) is 0 Å². The molecule has 8 N–H and O–H groups in total. The molecule has 0 saturated heterocycles. The van der Waals surface area contributed by atoms with Gasteiger partial charge in [-0.3, -0.25) is 9.59 Å². The van der Waals surface area contributed by atoms with Crippen molar-refractivity contribution in [1.29, 1.82) is 0 Å². The number of carbonyl (C=O) groups is 2. The minimum absolute atomic E-state index is 0.0996. The predicted octanol–water partition coefficient (Wildman–Crippen LogP) is 7.45. The second-order valence-corrected chi connectivity index (χ2v) is 12.8. The lowest BCUT2D eigenvalue weighted by Crippen LogP contribution is -2.31. The molecule has 4 aromatic rings. The lowest BCUT2D eigenvalue weighted by Gasteiger charge is -2.37. The molecular formula is C40H38O10. The maximum atomic E-state index is 14.7. The molecule has 0 unspecified atom stereocenters. The van der Waals surface area contributed by atoms with Gasteiger partial charge in [-0.15, -0.1) is 0 Å². The Morgan fingerprint density at radius 2 is 1.32 bits per heavy atom. The van der Waals surface area contributed by atoms with Crippen LogP contribution in [0, 0.1) is 5.92 Å². The fourth-order valence-corrected chi connectivity index (χ4v) is 6.44. The summed E-state index contributed by atoms with van der Waals surface area (Å²) in [5.74, 6) is -6.62.